The summed E-state index contributed by atoms with van der Waals surface area (Å²) in [6.07, 6.45) is 5.36. The van der Waals surface area contributed by atoms with Crippen molar-refractivity contribution >= 4 is 0 Å². The molecule has 2 heterocycles. The summed E-state index contributed by atoms with van der Waals surface area (Å²) in [7, 11) is 0. The lowest BCUT2D eigenvalue weighted by Crippen LogP contribution is -2.33. The summed E-state index contributed by atoms with van der Waals surface area (Å²) in [6, 6.07) is 4.72. The minimum absolute atomic E-state index is 0.662. The molecule has 3 nitrogen and oxygen atoms in total. The number of nitrogens with one attached hydrogen (secondary N) is 1. The molecule has 3 heteroatoms. The van der Waals surface area contributed by atoms with Crippen LogP contribution in [0.3, 0.4) is 0 Å². The molecular weight excluding hydrogens is 248 g/mol. The van der Waals surface area contributed by atoms with Gasteiger partial charge in [-0.1, -0.05) is 13.8 Å². The second-order valence-corrected chi connectivity index (χ2v) is 6.67. The molecule has 1 saturated heterocycles. The standard InChI is InChI=1S/C17H30N2O/c1-14(2)11-18-12-16-8-9-19(13-16)15(3)6-7-17-5-4-10-20-17/h4-5,10,14-16,18H,6-9,11-13H2,1-3H3. The number of hydrogen-bond acceptors (Lipinski definition) is 3. The van der Waals surface area contributed by atoms with Crippen LogP contribution in [-0.4, -0.2) is 37.1 Å². The maximum Gasteiger partial charge on any atom is 0.103 e. The normalized spacial score (nSPS) is 21.7. The van der Waals surface area contributed by atoms with Gasteiger partial charge in [0.25, 0.3) is 0 Å². The fourth-order valence-electron chi connectivity index (χ4n) is 2.99. The Balaban J connectivity index is 1.64. The van der Waals surface area contributed by atoms with E-state index in [4.69, 9.17) is 4.42 Å². The first kappa shape index (κ1) is 15.6. The zero-order valence-corrected chi connectivity index (χ0v) is 13.3. The number of hydrogen-bond donors (Lipinski definition) is 1. The van der Waals surface area contributed by atoms with Gasteiger partial charge in [-0.25, -0.2) is 0 Å². The highest BCUT2D eigenvalue weighted by molar-refractivity contribution is 4.98. The first-order chi connectivity index (χ1) is 9.65. The Morgan fingerprint density at radius 3 is 2.95 bits per heavy atom. The summed E-state index contributed by atoms with van der Waals surface area (Å²) in [4.78, 5) is 2.64. The summed E-state index contributed by atoms with van der Waals surface area (Å²) >= 11 is 0. The number of likely N-dealkylation sites (tertiary alicyclic amines) is 1. The second kappa shape index (κ2) is 7.84. The summed E-state index contributed by atoms with van der Waals surface area (Å²) < 4.78 is 5.41. The second-order valence-electron chi connectivity index (χ2n) is 6.67. The molecule has 1 aliphatic heterocycles. The maximum atomic E-state index is 5.41. The minimum Gasteiger partial charge on any atom is -0.469 e. The third kappa shape index (κ3) is 4.95. The van der Waals surface area contributed by atoms with E-state index in [1.165, 1.54) is 32.5 Å². The monoisotopic (exact) mass is 278 g/mol. The quantitative estimate of drug-likeness (QED) is 0.792. The van der Waals surface area contributed by atoms with E-state index >= 15 is 0 Å². The van der Waals surface area contributed by atoms with Crippen LogP contribution >= 0.6 is 0 Å². The molecule has 0 amide bonds. The van der Waals surface area contributed by atoms with Crippen molar-refractivity contribution in [1.82, 2.24) is 10.2 Å². The summed E-state index contributed by atoms with van der Waals surface area (Å²) in [5.41, 5.74) is 0. The molecule has 1 N–H and O–H groups in total. The van der Waals surface area contributed by atoms with E-state index in [0.717, 1.165) is 30.6 Å². The van der Waals surface area contributed by atoms with Gasteiger partial charge in [0, 0.05) is 19.0 Å². The molecule has 0 saturated carbocycles. The lowest BCUT2D eigenvalue weighted by molar-refractivity contribution is 0.234. The van der Waals surface area contributed by atoms with Gasteiger partial charge in [0.2, 0.25) is 0 Å². The molecule has 20 heavy (non-hydrogen) atoms. The number of aryl methyl sites for hydroxylation is 1. The summed E-state index contributed by atoms with van der Waals surface area (Å²) in [6.45, 7) is 11.7. The van der Waals surface area contributed by atoms with E-state index < -0.39 is 0 Å². The highest BCUT2D eigenvalue weighted by Crippen LogP contribution is 2.20. The Labute approximate surface area is 123 Å². The zero-order chi connectivity index (χ0) is 14.4. The number of rotatable bonds is 8. The van der Waals surface area contributed by atoms with Gasteiger partial charge >= 0.3 is 0 Å². The number of nitrogens with zero attached hydrogens (tertiary/aromatic N) is 1. The molecule has 0 aliphatic carbocycles. The van der Waals surface area contributed by atoms with Crippen molar-refractivity contribution in [3.63, 3.8) is 0 Å². The largest absolute Gasteiger partial charge is 0.469 e. The molecule has 114 valence electrons. The first-order valence-corrected chi connectivity index (χ1v) is 8.12. The lowest BCUT2D eigenvalue weighted by Gasteiger charge is -2.24. The third-order valence-corrected chi connectivity index (χ3v) is 4.31. The Bertz CT molecular complexity index is 361. The van der Waals surface area contributed by atoms with Crippen LogP contribution in [0.5, 0.6) is 0 Å². The van der Waals surface area contributed by atoms with E-state index in [2.05, 4.69) is 37.1 Å². The van der Waals surface area contributed by atoms with E-state index in [9.17, 15) is 0 Å². The van der Waals surface area contributed by atoms with Gasteiger partial charge in [-0.3, -0.25) is 0 Å². The summed E-state index contributed by atoms with van der Waals surface area (Å²) in [5.74, 6) is 2.70. The van der Waals surface area contributed by atoms with Gasteiger partial charge in [-0.2, -0.15) is 0 Å². The molecule has 0 bridgehead atoms. The average Bonchev–Trinajstić information content (AvgIpc) is 3.06. The van der Waals surface area contributed by atoms with Crippen molar-refractivity contribution < 1.29 is 4.42 Å². The lowest BCUT2D eigenvalue weighted by atomic mass is 10.1. The van der Waals surface area contributed by atoms with Gasteiger partial charge in [0.15, 0.2) is 0 Å². The van der Waals surface area contributed by atoms with Crippen molar-refractivity contribution in [1.29, 1.82) is 0 Å². The molecule has 0 spiro atoms. The van der Waals surface area contributed by atoms with Crippen LogP contribution in [-0.2, 0) is 6.42 Å². The Morgan fingerprint density at radius 1 is 1.40 bits per heavy atom. The molecule has 2 unspecified atom stereocenters. The zero-order valence-electron chi connectivity index (χ0n) is 13.3. The molecule has 0 radical (unpaired) electrons. The highest BCUT2D eigenvalue weighted by Gasteiger charge is 2.25. The van der Waals surface area contributed by atoms with E-state index in [-0.39, 0.29) is 0 Å². The van der Waals surface area contributed by atoms with Gasteiger partial charge < -0.3 is 14.6 Å². The smallest absolute Gasteiger partial charge is 0.103 e. The van der Waals surface area contributed by atoms with Crippen molar-refractivity contribution in [2.24, 2.45) is 11.8 Å². The first-order valence-electron chi connectivity index (χ1n) is 8.12. The molecule has 2 atom stereocenters. The van der Waals surface area contributed by atoms with Gasteiger partial charge in [-0.05, 0) is 63.4 Å². The van der Waals surface area contributed by atoms with Crippen molar-refractivity contribution in [2.75, 3.05) is 26.2 Å². The average molecular weight is 278 g/mol. The molecular formula is C17H30N2O. The third-order valence-electron chi connectivity index (χ3n) is 4.31. The molecule has 2 rings (SSSR count). The molecule has 1 aliphatic rings. The Kier molecular flexibility index (Phi) is 6.11. The van der Waals surface area contributed by atoms with Gasteiger partial charge in [0.05, 0.1) is 6.26 Å². The van der Waals surface area contributed by atoms with Crippen LogP contribution in [0.2, 0.25) is 0 Å². The van der Waals surface area contributed by atoms with Crippen LogP contribution in [0.1, 0.15) is 39.4 Å². The van der Waals surface area contributed by atoms with Gasteiger partial charge in [-0.15, -0.1) is 0 Å². The van der Waals surface area contributed by atoms with Crippen LogP contribution in [0.25, 0.3) is 0 Å². The predicted molar refractivity (Wildman–Crippen MR) is 83.9 cm³/mol. The minimum atomic E-state index is 0.662. The Morgan fingerprint density at radius 2 is 2.25 bits per heavy atom. The topological polar surface area (TPSA) is 28.4 Å². The molecule has 1 aromatic heterocycles. The number of furan rings is 1. The van der Waals surface area contributed by atoms with Crippen molar-refractivity contribution in [2.45, 2.75) is 46.1 Å². The van der Waals surface area contributed by atoms with Crippen LogP contribution < -0.4 is 5.32 Å². The Hall–Kier alpha value is -0.800. The fourth-order valence-corrected chi connectivity index (χ4v) is 2.99. The van der Waals surface area contributed by atoms with Crippen molar-refractivity contribution in [3.05, 3.63) is 24.2 Å². The van der Waals surface area contributed by atoms with E-state index in [0.29, 0.717) is 6.04 Å². The molecule has 0 aromatic carbocycles. The predicted octanol–water partition coefficient (Wildman–Crippen LogP) is 3.17. The maximum absolute atomic E-state index is 5.41. The van der Waals surface area contributed by atoms with Gasteiger partial charge in [0.1, 0.15) is 5.76 Å². The van der Waals surface area contributed by atoms with E-state index in [1.54, 1.807) is 6.26 Å². The van der Waals surface area contributed by atoms with E-state index in [1.807, 2.05) is 6.07 Å². The fraction of sp³-hybridized carbons (Fsp3) is 0.765. The van der Waals surface area contributed by atoms with Crippen LogP contribution in [0.4, 0.5) is 0 Å². The molecule has 1 aromatic rings. The highest BCUT2D eigenvalue weighted by atomic mass is 16.3. The summed E-state index contributed by atoms with van der Waals surface area (Å²) in [5, 5.41) is 3.60. The van der Waals surface area contributed by atoms with Crippen molar-refractivity contribution in [3.8, 4) is 0 Å². The van der Waals surface area contributed by atoms with Crippen LogP contribution in [0, 0.1) is 11.8 Å². The SMILES string of the molecule is CC(C)CNCC1CCN(C(C)CCc2ccco2)C1. The van der Waals surface area contributed by atoms with Crippen LogP contribution in [0.15, 0.2) is 22.8 Å². The molecule has 1 fully saturated rings.